The van der Waals surface area contributed by atoms with Crippen LogP contribution in [0.5, 0.6) is 0 Å². The van der Waals surface area contributed by atoms with Gasteiger partial charge in [-0.25, -0.2) is 9.97 Å². The molecule has 0 saturated heterocycles. The van der Waals surface area contributed by atoms with E-state index in [1.807, 2.05) is 26.1 Å². The highest BCUT2D eigenvalue weighted by Gasteiger charge is 2.01. The molecule has 1 aromatic carbocycles. The second kappa shape index (κ2) is 4.14. The molecule has 4 nitrogen and oxygen atoms in total. The Kier molecular flexibility index (Phi) is 2.48. The lowest BCUT2D eigenvalue weighted by molar-refractivity contribution is 0.969. The van der Waals surface area contributed by atoms with Crippen molar-refractivity contribution in [2.24, 2.45) is 7.05 Å². The quantitative estimate of drug-likeness (QED) is 0.746. The SMILES string of the molecule is Cc1ccnc(Nc2ccc3ccn(C)c3c2)n1. The van der Waals surface area contributed by atoms with Crippen LogP contribution in [0, 0.1) is 6.92 Å². The van der Waals surface area contributed by atoms with Crippen LogP contribution < -0.4 is 5.32 Å². The molecule has 0 fully saturated rings. The number of rotatable bonds is 2. The predicted molar refractivity (Wildman–Crippen MR) is 73.0 cm³/mol. The Labute approximate surface area is 105 Å². The van der Waals surface area contributed by atoms with Crippen molar-refractivity contribution in [3.63, 3.8) is 0 Å². The number of nitrogens with zero attached hydrogens (tertiary/aromatic N) is 3. The fraction of sp³-hybridized carbons (Fsp3) is 0.143. The molecule has 18 heavy (non-hydrogen) atoms. The molecule has 0 aliphatic rings. The molecule has 0 amide bonds. The third-order valence-electron chi connectivity index (χ3n) is 2.94. The molecule has 3 rings (SSSR count). The molecule has 0 spiro atoms. The van der Waals surface area contributed by atoms with E-state index < -0.39 is 0 Å². The zero-order valence-corrected chi connectivity index (χ0v) is 10.4. The topological polar surface area (TPSA) is 42.7 Å². The summed E-state index contributed by atoms with van der Waals surface area (Å²) >= 11 is 0. The summed E-state index contributed by atoms with van der Waals surface area (Å²) in [5, 5.41) is 4.45. The summed E-state index contributed by atoms with van der Waals surface area (Å²) in [6, 6.07) is 10.2. The van der Waals surface area contributed by atoms with E-state index in [1.165, 1.54) is 10.9 Å². The van der Waals surface area contributed by atoms with Gasteiger partial charge in [0, 0.05) is 36.3 Å². The molecule has 0 saturated carbocycles. The highest BCUT2D eigenvalue weighted by molar-refractivity contribution is 5.84. The van der Waals surface area contributed by atoms with Crippen LogP contribution in [0.3, 0.4) is 0 Å². The number of aryl methyl sites for hydroxylation is 2. The van der Waals surface area contributed by atoms with E-state index in [1.54, 1.807) is 6.20 Å². The number of nitrogens with one attached hydrogen (secondary N) is 1. The Balaban J connectivity index is 1.97. The van der Waals surface area contributed by atoms with Gasteiger partial charge in [-0.2, -0.15) is 0 Å². The zero-order valence-electron chi connectivity index (χ0n) is 10.4. The monoisotopic (exact) mass is 238 g/mol. The molecule has 1 N–H and O–H groups in total. The van der Waals surface area contributed by atoms with Crippen LogP contribution in [0.2, 0.25) is 0 Å². The van der Waals surface area contributed by atoms with Crippen LogP contribution in [-0.2, 0) is 7.05 Å². The third-order valence-corrected chi connectivity index (χ3v) is 2.94. The first-order chi connectivity index (χ1) is 8.72. The largest absolute Gasteiger partial charge is 0.350 e. The molecule has 4 heteroatoms. The van der Waals surface area contributed by atoms with Crippen LogP contribution >= 0.6 is 0 Å². The molecule has 0 radical (unpaired) electrons. The highest BCUT2D eigenvalue weighted by atomic mass is 15.1. The Hall–Kier alpha value is -2.36. The van der Waals surface area contributed by atoms with E-state index in [2.05, 4.69) is 44.2 Å². The van der Waals surface area contributed by atoms with Gasteiger partial charge in [-0.05, 0) is 36.6 Å². The van der Waals surface area contributed by atoms with Gasteiger partial charge in [0.1, 0.15) is 0 Å². The molecule has 90 valence electrons. The average Bonchev–Trinajstić information content (AvgIpc) is 2.71. The van der Waals surface area contributed by atoms with Gasteiger partial charge in [0.05, 0.1) is 0 Å². The first-order valence-electron chi connectivity index (χ1n) is 5.84. The number of hydrogen-bond donors (Lipinski definition) is 1. The Morgan fingerprint density at radius 1 is 1.17 bits per heavy atom. The first kappa shape index (κ1) is 10.8. The van der Waals surface area contributed by atoms with Crippen molar-refractivity contribution in [3.8, 4) is 0 Å². The van der Waals surface area contributed by atoms with Crippen molar-refractivity contribution < 1.29 is 0 Å². The van der Waals surface area contributed by atoms with E-state index >= 15 is 0 Å². The summed E-state index contributed by atoms with van der Waals surface area (Å²) < 4.78 is 2.09. The minimum atomic E-state index is 0.628. The molecular formula is C14H14N4. The van der Waals surface area contributed by atoms with Crippen molar-refractivity contribution >= 4 is 22.5 Å². The lowest BCUT2D eigenvalue weighted by Crippen LogP contribution is -1.97. The molecule has 0 bridgehead atoms. The fourth-order valence-electron chi connectivity index (χ4n) is 1.98. The maximum absolute atomic E-state index is 4.33. The van der Waals surface area contributed by atoms with Gasteiger partial charge in [0.15, 0.2) is 0 Å². The van der Waals surface area contributed by atoms with Gasteiger partial charge in [-0.3, -0.25) is 0 Å². The predicted octanol–water partition coefficient (Wildman–Crippen LogP) is 3.02. The summed E-state index contributed by atoms with van der Waals surface area (Å²) in [6.07, 6.45) is 3.81. The van der Waals surface area contributed by atoms with Crippen LogP contribution in [0.15, 0.2) is 42.7 Å². The van der Waals surface area contributed by atoms with E-state index in [0.29, 0.717) is 5.95 Å². The van der Waals surface area contributed by atoms with Crippen molar-refractivity contribution in [2.75, 3.05) is 5.32 Å². The zero-order chi connectivity index (χ0) is 12.5. The molecule has 0 aliphatic carbocycles. The highest BCUT2D eigenvalue weighted by Crippen LogP contribution is 2.21. The van der Waals surface area contributed by atoms with Crippen LogP contribution in [0.4, 0.5) is 11.6 Å². The van der Waals surface area contributed by atoms with Crippen LogP contribution in [0.25, 0.3) is 10.9 Å². The van der Waals surface area contributed by atoms with Crippen molar-refractivity contribution in [1.29, 1.82) is 0 Å². The number of anilines is 2. The maximum Gasteiger partial charge on any atom is 0.227 e. The normalized spacial score (nSPS) is 10.8. The lowest BCUT2D eigenvalue weighted by Gasteiger charge is -2.06. The molecule has 2 heterocycles. The van der Waals surface area contributed by atoms with Gasteiger partial charge in [0.2, 0.25) is 5.95 Å². The summed E-state index contributed by atoms with van der Waals surface area (Å²) in [7, 11) is 2.04. The van der Waals surface area contributed by atoms with Crippen molar-refractivity contribution in [3.05, 3.63) is 48.4 Å². The molecule has 2 aromatic heterocycles. The summed E-state index contributed by atoms with van der Waals surface area (Å²) in [4.78, 5) is 8.53. The van der Waals surface area contributed by atoms with Gasteiger partial charge in [0.25, 0.3) is 0 Å². The number of fused-ring (bicyclic) bond motifs is 1. The lowest BCUT2D eigenvalue weighted by atomic mass is 10.2. The van der Waals surface area contributed by atoms with Gasteiger partial charge < -0.3 is 9.88 Å². The molecule has 0 atom stereocenters. The third kappa shape index (κ3) is 1.93. The Morgan fingerprint density at radius 2 is 2.06 bits per heavy atom. The maximum atomic E-state index is 4.33. The van der Waals surface area contributed by atoms with E-state index in [9.17, 15) is 0 Å². The Bertz CT molecular complexity index is 700. The Morgan fingerprint density at radius 3 is 2.89 bits per heavy atom. The summed E-state index contributed by atoms with van der Waals surface area (Å²) in [6.45, 7) is 1.95. The smallest absolute Gasteiger partial charge is 0.227 e. The molecule has 0 unspecified atom stereocenters. The summed E-state index contributed by atoms with van der Waals surface area (Å²) in [5.41, 5.74) is 3.13. The van der Waals surface area contributed by atoms with Gasteiger partial charge in [-0.1, -0.05) is 6.07 Å². The van der Waals surface area contributed by atoms with Gasteiger partial charge >= 0.3 is 0 Å². The van der Waals surface area contributed by atoms with Crippen LogP contribution in [-0.4, -0.2) is 14.5 Å². The minimum Gasteiger partial charge on any atom is -0.350 e. The number of benzene rings is 1. The molecular weight excluding hydrogens is 224 g/mol. The van der Waals surface area contributed by atoms with E-state index in [-0.39, 0.29) is 0 Å². The molecule has 0 aliphatic heterocycles. The van der Waals surface area contributed by atoms with Crippen molar-refractivity contribution in [2.45, 2.75) is 6.92 Å². The van der Waals surface area contributed by atoms with E-state index in [0.717, 1.165) is 11.4 Å². The summed E-state index contributed by atoms with van der Waals surface area (Å²) in [5.74, 6) is 0.628. The number of aromatic nitrogens is 3. The standard InChI is InChI=1S/C14H14N4/c1-10-5-7-15-14(16-10)17-12-4-3-11-6-8-18(2)13(11)9-12/h3-9H,1-2H3,(H,15,16,17). The number of hydrogen-bond acceptors (Lipinski definition) is 3. The van der Waals surface area contributed by atoms with Gasteiger partial charge in [-0.15, -0.1) is 0 Å². The average molecular weight is 238 g/mol. The molecule has 3 aromatic rings. The van der Waals surface area contributed by atoms with Crippen molar-refractivity contribution in [1.82, 2.24) is 14.5 Å². The second-order valence-electron chi connectivity index (χ2n) is 4.35. The van der Waals surface area contributed by atoms with E-state index in [4.69, 9.17) is 0 Å². The fourth-order valence-corrected chi connectivity index (χ4v) is 1.98. The second-order valence-corrected chi connectivity index (χ2v) is 4.35. The first-order valence-corrected chi connectivity index (χ1v) is 5.84. The van der Waals surface area contributed by atoms with Crippen LogP contribution in [0.1, 0.15) is 5.69 Å². The minimum absolute atomic E-state index is 0.628.